The summed E-state index contributed by atoms with van der Waals surface area (Å²) in [6.07, 6.45) is -0.274. The first kappa shape index (κ1) is 18.6. The van der Waals surface area contributed by atoms with E-state index < -0.39 is 6.17 Å². The molecule has 2 aromatic heterocycles. The van der Waals surface area contributed by atoms with Gasteiger partial charge in [-0.3, -0.25) is 5.10 Å². The zero-order chi connectivity index (χ0) is 20.8. The zero-order valence-electron chi connectivity index (χ0n) is 17.1. The fourth-order valence-electron chi connectivity index (χ4n) is 4.70. The number of ether oxygens (including phenoxy) is 1. The van der Waals surface area contributed by atoms with Crippen LogP contribution in [-0.4, -0.2) is 60.7 Å². The topological polar surface area (TPSA) is 70.4 Å². The second-order valence-electron chi connectivity index (χ2n) is 8.26. The van der Waals surface area contributed by atoms with Crippen LogP contribution in [0.1, 0.15) is 18.0 Å². The van der Waals surface area contributed by atoms with Gasteiger partial charge in [0.1, 0.15) is 11.7 Å². The number of H-pyrrole nitrogens is 1. The minimum absolute atomic E-state index is 0.198. The highest BCUT2D eigenvalue weighted by molar-refractivity contribution is 5.82. The number of oxazole rings is 1. The molecule has 2 aliphatic rings. The second-order valence-corrected chi connectivity index (χ2v) is 8.26. The molecule has 0 spiro atoms. The van der Waals surface area contributed by atoms with Crippen molar-refractivity contribution in [2.75, 3.05) is 49.2 Å². The van der Waals surface area contributed by atoms with Crippen molar-refractivity contribution in [3.8, 4) is 0 Å². The maximum absolute atomic E-state index is 15.3. The van der Waals surface area contributed by atoms with Gasteiger partial charge < -0.3 is 19.0 Å². The summed E-state index contributed by atoms with van der Waals surface area (Å²) in [6, 6.07) is 14.5. The third-order valence-electron chi connectivity index (χ3n) is 6.40. The Morgan fingerprint density at radius 2 is 1.90 bits per heavy atom. The number of para-hydroxylation sites is 1. The van der Waals surface area contributed by atoms with E-state index in [4.69, 9.17) is 9.15 Å². The van der Waals surface area contributed by atoms with Gasteiger partial charge in [-0.25, -0.2) is 4.39 Å². The molecule has 4 heterocycles. The molecule has 8 heteroatoms. The van der Waals surface area contributed by atoms with Crippen molar-refractivity contribution in [2.45, 2.75) is 18.5 Å². The fourth-order valence-corrected chi connectivity index (χ4v) is 4.70. The predicted octanol–water partition coefficient (Wildman–Crippen LogP) is 3.87. The number of nitrogens with zero attached hydrogens (tertiary/aromatic N) is 4. The predicted molar refractivity (Wildman–Crippen MR) is 118 cm³/mol. The maximum atomic E-state index is 15.3. The highest BCUT2D eigenvalue weighted by Crippen LogP contribution is 2.36. The number of alkyl halides is 1. The van der Waals surface area contributed by atoms with E-state index in [0.29, 0.717) is 32.2 Å². The molecule has 0 radical (unpaired) electrons. The molecule has 2 aromatic carbocycles. The lowest BCUT2D eigenvalue weighted by Crippen LogP contribution is -2.41. The molecule has 6 rings (SSSR count). The number of hydrogen-bond acceptors (Lipinski definition) is 6. The van der Waals surface area contributed by atoms with Crippen molar-refractivity contribution in [1.82, 2.24) is 15.2 Å². The quantitative estimate of drug-likeness (QED) is 0.542. The summed E-state index contributed by atoms with van der Waals surface area (Å²) in [4.78, 5) is 8.86. The number of piperidine rings is 1. The minimum atomic E-state index is -0.989. The maximum Gasteiger partial charge on any atom is 0.298 e. The monoisotopic (exact) mass is 421 g/mol. The van der Waals surface area contributed by atoms with Crippen molar-refractivity contribution in [3.05, 3.63) is 48.2 Å². The second kappa shape index (κ2) is 7.53. The first-order valence-corrected chi connectivity index (χ1v) is 10.8. The number of benzene rings is 2. The van der Waals surface area contributed by atoms with Gasteiger partial charge in [0.15, 0.2) is 5.58 Å². The summed E-state index contributed by atoms with van der Waals surface area (Å²) in [5, 5.41) is 8.49. The van der Waals surface area contributed by atoms with E-state index in [0.717, 1.165) is 53.0 Å². The van der Waals surface area contributed by atoms with E-state index in [9.17, 15) is 0 Å². The highest BCUT2D eigenvalue weighted by Gasteiger charge is 2.33. The Bertz CT molecular complexity index is 1220. The Balaban J connectivity index is 1.22. The summed E-state index contributed by atoms with van der Waals surface area (Å²) in [5.74, 6) is -0.198. The van der Waals surface area contributed by atoms with Gasteiger partial charge in [-0.1, -0.05) is 18.2 Å². The first-order valence-electron chi connectivity index (χ1n) is 10.8. The van der Waals surface area contributed by atoms with Gasteiger partial charge >= 0.3 is 0 Å². The number of aromatic amines is 1. The lowest BCUT2D eigenvalue weighted by molar-refractivity contribution is 0.120. The Kier molecular flexibility index (Phi) is 4.52. The SMILES string of the molecule is FC1CN(c2ccc3oc(N4CCOCC4)nc3c2)CCC1c1n[nH]c2ccccc12. The molecule has 2 fully saturated rings. The molecule has 0 aliphatic carbocycles. The summed E-state index contributed by atoms with van der Waals surface area (Å²) in [6.45, 7) is 4.03. The van der Waals surface area contributed by atoms with Gasteiger partial charge in [0.05, 0.1) is 24.4 Å². The largest absolute Gasteiger partial charge is 0.423 e. The molecule has 2 unspecified atom stereocenters. The Hall–Kier alpha value is -3.13. The van der Waals surface area contributed by atoms with Crippen LogP contribution in [0.3, 0.4) is 0 Å². The lowest BCUT2D eigenvalue weighted by Gasteiger charge is -2.35. The third kappa shape index (κ3) is 3.31. The van der Waals surface area contributed by atoms with Crippen molar-refractivity contribution < 1.29 is 13.5 Å². The van der Waals surface area contributed by atoms with Gasteiger partial charge in [-0.2, -0.15) is 10.1 Å². The van der Waals surface area contributed by atoms with Crippen LogP contribution in [0.4, 0.5) is 16.1 Å². The van der Waals surface area contributed by atoms with Crippen LogP contribution in [0.15, 0.2) is 46.9 Å². The number of anilines is 2. The van der Waals surface area contributed by atoms with Crippen molar-refractivity contribution in [1.29, 1.82) is 0 Å². The molecule has 1 N–H and O–H groups in total. The zero-order valence-corrected chi connectivity index (χ0v) is 17.1. The van der Waals surface area contributed by atoms with E-state index in [2.05, 4.69) is 25.0 Å². The van der Waals surface area contributed by atoms with E-state index in [-0.39, 0.29) is 5.92 Å². The molecule has 2 atom stereocenters. The molecular weight excluding hydrogens is 397 g/mol. The van der Waals surface area contributed by atoms with Gasteiger partial charge in [-0.15, -0.1) is 0 Å². The number of hydrogen-bond donors (Lipinski definition) is 1. The van der Waals surface area contributed by atoms with Gasteiger partial charge in [-0.05, 0) is 30.7 Å². The van der Waals surface area contributed by atoms with E-state index in [1.807, 2.05) is 42.5 Å². The third-order valence-corrected chi connectivity index (χ3v) is 6.40. The molecule has 0 bridgehead atoms. The number of fused-ring (bicyclic) bond motifs is 2. The lowest BCUT2D eigenvalue weighted by atomic mass is 9.89. The Morgan fingerprint density at radius 3 is 2.77 bits per heavy atom. The van der Waals surface area contributed by atoms with E-state index in [1.165, 1.54) is 0 Å². The van der Waals surface area contributed by atoms with Crippen molar-refractivity contribution >= 4 is 33.7 Å². The molecule has 0 saturated carbocycles. The Morgan fingerprint density at radius 1 is 1.03 bits per heavy atom. The summed E-state index contributed by atoms with van der Waals surface area (Å²) < 4.78 is 26.6. The number of halogens is 1. The first-order chi connectivity index (χ1) is 15.3. The van der Waals surface area contributed by atoms with Gasteiger partial charge in [0.2, 0.25) is 0 Å². The number of aromatic nitrogens is 3. The van der Waals surface area contributed by atoms with E-state index >= 15 is 4.39 Å². The van der Waals surface area contributed by atoms with E-state index in [1.54, 1.807) is 0 Å². The smallest absolute Gasteiger partial charge is 0.298 e. The average molecular weight is 421 g/mol. The van der Waals surface area contributed by atoms with Crippen LogP contribution in [0, 0.1) is 0 Å². The molecule has 2 aliphatic heterocycles. The summed E-state index contributed by atoms with van der Waals surface area (Å²) in [5.41, 5.74) is 4.32. The van der Waals surface area contributed by atoms with Crippen molar-refractivity contribution in [3.63, 3.8) is 0 Å². The molecule has 160 valence electrons. The highest BCUT2D eigenvalue weighted by atomic mass is 19.1. The Labute approximate surface area is 178 Å². The van der Waals surface area contributed by atoms with Gasteiger partial charge in [0.25, 0.3) is 6.01 Å². The molecule has 4 aromatic rings. The molecule has 2 saturated heterocycles. The molecule has 7 nitrogen and oxygen atoms in total. The van der Waals surface area contributed by atoms with Gasteiger partial charge in [0, 0.05) is 43.2 Å². The number of nitrogens with one attached hydrogen (secondary N) is 1. The van der Waals surface area contributed by atoms with Crippen LogP contribution < -0.4 is 9.80 Å². The average Bonchev–Trinajstić information content (AvgIpc) is 3.43. The van der Waals surface area contributed by atoms with Crippen LogP contribution in [0.2, 0.25) is 0 Å². The standard InChI is InChI=1S/C23H24FN5O2/c24-18-14-29(8-7-16(18)22-17-3-1-2-4-19(17)26-27-22)15-5-6-21-20(13-15)25-23(31-21)28-9-11-30-12-10-28/h1-6,13,16,18H,7-12,14H2,(H,26,27). The fraction of sp³-hybridized carbons (Fsp3) is 0.391. The molecule has 31 heavy (non-hydrogen) atoms. The molecule has 0 amide bonds. The molecular formula is C23H24FN5O2. The minimum Gasteiger partial charge on any atom is -0.423 e. The normalized spacial score (nSPS) is 22.5. The number of rotatable bonds is 3. The van der Waals surface area contributed by atoms with Crippen LogP contribution >= 0.6 is 0 Å². The van der Waals surface area contributed by atoms with Crippen LogP contribution in [-0.2, 0) is 4.74 Å². The summed E-state index contributed by atoms with van der Waals surface area (Å²) in [7, 11) is 0. The van der Waals surface area contributed by atoms with Crippen LogP contribution in [0.5, 0.6) is 0 Å². The van der Waals surface area contributed by atoms with Crippen LogP contribution in [0.25, 0.3) is 22.0 Å². The van der Waals surface area contributed by atoms with Crippen molar-refractivity contribution in [2.24, 2.45) is 0 Å². The summed E-state index contributed by atoms with van der Waals surface area (Å²) >= 11 is 0. The number of morpholine rings is 1.